The zero-order chi connectivity index (χ0) is 21.1. The standard InChI is InChI=1S/C22H23FN4O3/c1-2-30-22(29)16-6-5-13-26(15-16)21(28)19-14-24-27(18-9-7-17(23)8-10-18)20(19)25-11-3-4-12-25/h3-4,7-12,14,16H,2,5-6,13,15H2,1H3/t16-/m1/s1. The third-order valence-corrected chi connectivity index (χ3v) is 5.22. The average Bonchev–Trinajstić information content (AvgIpc) is 3.44. The quantitative estimate of drug-likeness (QED) is 0.606. The van der Waals surface area contributed by atoms with Crippen LogP contribution in [0.4, 0.5) is 4.39 Å². The van der Waals surface area contributed by atoms with Crippen molar-refractivity contribution in [2.75, 3.05) is 19.7 Å². The van der Waals surface area contributed by atoms with Gasteiger partial charge in [0.05, 0.1) is 24.4 Å². The van der Waals surface area contributed by atoms with Crippen LogP contribution < -0.4 is 0 Å². The number of carbonyl (C=O) groups excluding carboxylic acids is 2. The summed E-state index contributed by atoms with van der Waals surface area (Å²) >= 11 is 0. The number of piperidine rings is 1. The molecule has 0 bridgehead atoms. The number of carbonyl (C=O) groups is 2. The molecule has 0 saturated carbocycles. The first kappa shape index (κ1) is 19.9. The van der Waals surface area contributed by atoms with Gasteiger partial charge in [-0.25, -0.2) is 9.07 Å². The number of ether oxygens (including phenoxy) is 1. The Bertz CT molecular complexity index is 1030. The van der Waals surface area contributed by atoms with Gasteiger partial charge < -0.3 is 14.2 Å². The van der Waals surface area contributed by atoms with E-state index in [9.17, 15) is 14.0 Å². The number of nitrogens with zero attached hydrogens (tertiary/aromatic N) is 4. The number of hydrogen-bond donors (Lipinski definition) is 0. The first-order chi connectivity index (χ1) is 14.6. The summed E-state index contributed by atoms with van der Waals surface area (Å²) in [4.78, 5) is 27.2. The summed E-state index contributed by atoms with van der Waals surface area (Å²) in [6.07, 6.45) is 6.62. The molecule has 2 aromatic heterocycles. The second-order valence-corrected chi connectivity index (χ2v) is 7.20. The summed E-state index contributed by atoms with van der Waals surface area (Å²) in [5.41, 5.74) is 1.06. The lowest BCUT2D eigenvalue weighted by Gasteiger charge is -2.31. The van der Waals surface area contributed by atoms with Gasteiger partial charge in [0.25, 0.3) is 5.91 Å². The third-order valence-electron chi connectivity index (χ3n) is 5.22. The van der Waals surface area contributed by atoms with Crippen LogP contribution in [0.15, 0.2) is 55.0 Å². The minimum absolute atomic E-state index is 0.193. The zero-order valence-corrected chi connectivity index (χ0v) is 16.7. The van der Waals surface area contributed by atoms with Crippen molar-refractivity contribution in [1.82, 2.24) is 19.2 Å². The van der Waals surface area contributed by atoms with Crippen molar-refractivity contribution in [3.8, 4) is 11.5 Å². The molecule has 0 N–H and O–H groups in total. The lowest BCUT2D eigenvalue weighted by Crippen LogP contribution is -2.43. The van der Waals surface area contributed by atoms with E-state index in [0.717, 1.165) is 6.42 Å². The van der Waals surface area contributed by atoms with E-state index < -0.39 is 0 Å². The number of hydrogen-bond acceptors (Lipinski definition) is 4. The highest BCUT2D eigenvalue weighted by Crippen LogP contribution is 2.25. The Balaban J connectivity index is 1.68. The van der Waals surface area contributed by atoms with Gasteiger partial charge in [0, 0.05) is 25.5 Å². The van der Waals surface area contributed by atoms with Gasteiger partial charge in [-0.1, -0.05) is 0 Å². The molecule has 0 spiro atoms. The Morgan fingerprint density at radius 3 is 2.63 bits per heavy atom. The van der Waals surface area contributed by atoms with Gasteiger partial charge in [0.1, 0.15) is 11.4 Å². The van der Waals surface area contributed by atoms with Crippen molar-refractivity contribution in [3.05, 3.63) is 66.4 Å². The van der Waals surface area contributed by atoms with E-state index >= 15 is 0 Å². The van der Waals surface area contributed by atoms with Gasteiger partial charge in [-0.2, -0.15) is 5.10 Å². The first-order valence-electron chi connectivity index (χ1n) is 10.0. The van der Waals surface area contributed by atoms with Crippen molar-refractivity contribution in [3.63, 3.8) is 0 Å². The molecule has 3 aromatic rings. The molecule has 1 aromatic carbocycles. The van der Waals surface area contributed by atoms with E-state index in [2.05, 4.69) is 5.10 Å². The van der Waals surface area contributed by atoms with Gasteiger partial charge in [-0.05, 0) is 56.2 Å². The number of aromatic nitrogens is 3. The third kappa shape index (κ3) is 3.85. The number of halogens is 1. The molecule has 0 radical (unpaired) electrons. The molecule has 0 unspecified atom stereocenters. The Kier molecular flexibility index (Phi) is 5.65. The summed E-state index contributed by atoms with van der Waals surface area (Å²) in [5, 5.41) is 4.41. The highest BCUT2D eigenvalue weighted by atomic mass is 19.1. The SMILES string of the molecule is CCOC(=O)[C@@H]1CCCN(C(=O)c2cnn(-c3ccc(F)cc3)c2-n2cccc2)C1. The van der Waals surface area contributed by atoms with Gasteiger partial charge in [-0.15, -0.1) is 0 Å². The molecule has 1 fully saturated rings. The van der Waals surface area contributed by atoms with Crippen molar-refractivity contribution >= 4 is 11.9 Å². The Morgan fingerprint density at radius 2 is 1.93 bits per heavy atom. The summed E-state index contributed by atoms with van der Waals surface area (Å²) in [5.74, 6) is -0.550. The molecule has 1 amide bonds. The maximum absolute atomic E-state index is 13.4. The smallest absolute Gasteiger partial charge is 0.310 e. The lowest BCUT2D eigenvalue weighted by molar-refractivity contribution is -0.149. The maximum Gasteiger partial charge on any atom is 0.310 e. The van der Waals surface area contributed by atoms with Gasteiger partial charge in [0.2, 0.25) is 0 Å². The second-order valence-electron chi connectivity index (χ2n) is 7.20. The Morgan fingerprint density at radius 1 is 1.20 bits per heavy atom. The van der Waals surface area contributed by atoms with Crippen molar-refractivity contribution in [2.45, 2.75) is 19.8 Å². The van der Waals surface area contributed by atoms with Gasteiger partial charge in [0.15, 0.2) is 5.82 Å². The highest BCUT2D eigenvalue weighted by molar-refractivity contribution is 5.97. The predicted molar refractivity (Wildman–Crippen MR) is 108 cm³/mol. The monoisotopic (exact) mass is 410 g/mol. The molecule has 30 heavy (non-hydrogen) atoms. The molecule has 156 valence electrons. The molecule has 1 aliphatic heterocycles. The van der Waals surface area contributed by atoms with E-state index in [4.69, 9.17) is 4.74 Å². The predicted octanol–water partition coefficient (Wildman–Crippen LogP) is 3.22. The highest BCUT2D eigenvalue weighted by Gasteiger charge is 2.32. The summed E-state index contributed by atoms with van der Waals surface area (Å²) in [7, 11) is 0. The largest absolute Gasteiger partial charge is 0.466 e. The van der Waals surface area contributed by atoms with E-state index in [1.165, 1.54) is 18.3 Å². The Labute approximate surface area is 173 Å². The van der Waals surface area contributed by atoms with Crippen LogP contribution in [-0.4, -0.2) is 50.8 Å². The number of benzene rings is 1. The van der Waals surface area contributed by atoms with Crippen LogP contribution in [0.5, 0.6) is 0 Å². The summed E-state index contributed by atoms with van der Waals surface area (Å²) in [6.45, 7) is 2.99. The van der Waals surface area contributed by atoms with Crippen LogP contribution in [0, 0.1) is 11.7 Å². The first-order valence-corrected chi connectivity index (χ1v) is 10.0. The number of esters is 1. The molecule has 7 nitrogen and oxygen atoms in total. The molecular weight excluding hydrogens is 387 g/mol. The minimum Gasteiger partial charge on any atom is -0.466 e. The molecule has 0 aliphatic carbocycles. The van der Waals surface area contributed by atoms with Crippen LogP contribution in [0.2, 0.25) is 0 Å². The lowest BCUT2D eigenvalue weighted by atomic mass is 9.97. The van der Waals surface area contributed by atoms with Crippen molar-refractivity contribution in [2.24, 2.45) is 5.92 Å². The van der Waals surface area contributed by atoms with Crippen LogP contribution in [0.25, 0.3) is 11.5 Å². The summed E-state index contributed by atoms with van der Waals surface area (Å²) < 4.78 is 21.9. The maximum atomic E-state index is 13.4. The molecule has 1 saturated heterocycles. The second kappa shape index (κ2) is 8.52. The van der Waals surface area contributed by atoms with Crippen LogP contribution in [-0.2, 0) is 9.53 Å². The molecule has 1 atom stereocenters. The topological polar surface area (TPSA) is 69.4 Å². The van der Waals surface area contributed by atoms with Crippen LogP contribution in [0.3, 0.4) is 0 Å². The van der Waals surface area contributed by atoms with Gasteiger partial charge >= 0.3 is 5.97 Å². The molecule has 1 aliphatic rings. The average molecular weight is 410 g/mol. The fraction of sp³-hybridized carbons (Fsp3) is 0.318. The fourth-order valence-corrected chi connectivity index (χ4v) is 3.77. The van der Waals surface area contributed by atoms with E-state index in [0.29, 0.717) is 43.2 Å². The van der Waals surface area contributed by atoms with Crippen LogP contribution >= 0.6 is 0 Å². The minimum atomic E-state index is -0.344. The summed E-state index contributed by atoms with van der Waals surface area (Å²) in [6, 6.07) is 9.64. The molecule has 3 heterocycles. The molecule has 4 rings (SSSR count). The molecule has 8 heteroatoms. The molecular formula is C22H23FN4O3. The van der Waals surface area contributed by atoms with Crippen molar-refractivity contribution in [1.29, 1.82) is 0 Å². The number of amides is 1. The van der Waals surface area contributed by atoms with Crippen LogP contribution in [0.1, 0.15) is 30.1 Å². The van der Waals surface area contributed by atoms with Gasteiger partial charge in [-0.3, -0.25) is 9.59 Å². The fourth-order valence-electron chi connectivity index (χ4n) is 3.77. The normalized spacial score (nSPS) is 16.5. The van der Waals surface area contributed by atoms with E-state index in [1.807, 2.05) is 24.5 Å². The number of rotatable bonds is 5. The van der Waals surface area contributed by atoms with E-state index in [1.54, 1.807) is 33.2 Å². The van der Waals surface area contributed by atoms with Crippen molar-refractivity contribution < 1.29 is 18.7 Å². The van der Waals surface area contributed by atoms with E-state index in [-0.39, 0.29) is 23.6 Å². The number of likely N-dealkylation sites (tertiary alicyclic amines) is 1. The zero-order valence-electron chi connectivity index (χ0n) is 16.7. The Hall–Kier alpha value is -3.42.